The first-order valence-corrected chi connectivity index (χ1v) is 5.94. The maximum Gasteiger partial charge on any atom is 0.258 e. The minimum atomic E-state index is 0.132. The van der Waals surface area contributed by atoms with Gasteiger partial charge >= 0.3 is 0 Å². The lowest BCUT2D eigenvalue weighted by atomic mass is 10.6. The van der Waals surface area contributed by atoms with E-state index < -0.39 is 0 Å². The summed E-state index contributed by atoms with van der Waals surface area (Å²) in [6.45, 7) is 0.556. The Balaban J connectivity index is 1.91. The third-order valence-corrected chi connectivity index (χ3v) is 2.95. The number of hydrogen-bond donors (Lipinski definition) is 1. The highest BCUT2D eigenvalue weighted by Crippen LogP contribution is 2.11. The number of anilines is 1. The molecule has 3 rings (SSSR count). The topological polar surface area (TPSA) is 80.9 Å². The molecule has 3 heterocycles. The predicted molar refractivity (Wildman–Crippen MR) is 63.0 cm³/mol. The monoisotopic (exact) mass is 267 g/mol. The van der Waals surface area contributed by atoms with Crippen molar-refractivity contribution in [2.24, 2.45) is 0 Å². The molecule has 0 saturated carbocycles. The van der Waals surface area contributed by atoms with Gasteiger partial charge in [-0.25, -0.2) is 4.98 Å². The molecule has 0 unspecified atom stereocenters. The van der Waals surface area contributed by atoms with Crippen LogP contribution in [0.25, 0.3) is 5.78 Å². The Morgan fingerprint density at radius 2 is 2.29 bits per heavy atom. The molecular weight excluding hydrogens is 262 g/mol. The van der Waals surface area contributed by atoms with Gasteiger partial charge < -0.3 is 5.32 Å². The molecule has 86 valence electrons. The van der Waals surface area contributed by atoms with Crippen molar-refractivity contribution >= 4 is 34.7 Å². The van der Waals surface area contributed by atoms with Gasteiger partial charge in [0.2, 0.25) is 11.2 Å². The molecule has 0 aromatic carbocycles. The smallest absolute Gasteiger partial charge is 0.258 e. The largest absolute Gasteiger partial charge is 0.347 e. The van der Waals surface area contributed by atoms with Crippen LogP contribution in [0, 0.1) is 0 Å². The first-order valence-electron chi connectivity index (χ1n) is 4.68. The lowest BCUT2D eigenvalue weighted by Crippen LogP contribution is -2.08. The van der Waals surface area contributed by atoms with Gasteiger partial charge in [-0.1, -0.05) is 0 Å². The van der Waals surface area contributed by atoms with Crippen LogP contribution in [-0.4, -0.2) is 29.5 Å². The Kier molecular flexibility index (Phi) is 2.57. The molecule has 1 N–H and O–H groups in total. The fraction of sp³-hybridized carbons (Fsp3) is 0.125. The molecule has 0 atom stereocenters. The van der Waals surface area contributed by atoms with Gasteiger partial charge in [-0.3, -0.25) is 0 Å². The van der Waals surface area contributed by atoms with Crippen LogP contribution in [0.3, 0.4) is 0 Å². The van der Waals surface area contributed by atoms with Crippen molar-refractivity contribution in [2.75, 3.05) is 5.32 Å². The molecule has 0 aliphatic carbocycles. The number of nitrogens with zero attached hydrogens (tertiary/aromatic N) is 6. The summed E-state index contributed by atoms with van der Waals surface area (Å²) < 4.78 is 1.49. The van der Waals surface area contributed by atoms with Crippen LogP contribution >= 0.6 is 22.9 Å². The van der Waals surface area contributed by atoms with Crippen molar-refractivity contribution < 1.29 is 0 Å². The summed E-state index contributed by atoms with van der Waals surface area (Å²) in [5.74, 6) is 0.902. The summed E-state index contributed by atoms with van der Waals surface area (Å²) in [4.78, 5) is 16.1. The van der Waals surface area contributed by atoms with Crippen LogP contribution in [0.15, 0.2) is 17.9 Å². The van der Waals surface area contributed by atoms with E-state index in [-0.39, 0.29) is 5.28 Å². The molecule has 0 fully saturated rings. The fourth-order valence-electron chi connectivity index (χ4n) is 1.31. The minimum absolute atomic E-state index is 0.132. The number of halogens is 1. The number of hydrogen-bond acceptors (Lipinski definition) is 7. The lowest BCUT2D eigenvalue weighted by molar-refractivity contribution is 0.878. The second kappa shape index (κ2) is 4.22. The normalized spacial score (nSPS) is 10.9. The van der Waals surface area contributed by atoms with E-state index in [0.29, 0.717) is 18.3 Å². The predicted octanol–water partition coefficient (Wildman–Crippen LogP) is 1.24. The molecule has 0 aliphatic heterocycles. The summed E-state index contributed by atoms with van der Waals surface area (Å²) in [5, 5.41) is 10.1. The van der Waals surface area contributed by atoms with Crippen LogP contribution < -0.4 is 5.32 Å². The van der Waals surface area contributed by atoms with Crippen molar-refractivity contribution in [2.45, 2.75) is 6.54 Å². The fourth-order valence-corrected chi connectivity index (χ4v) is 2.02. The first-order chi connectivity index (χ1) is 8.33. The molecule has 7 nitrogen and oxygen atoms in total. The van der Waals surface area contributed by atoms with Gasteiger partial charge in [0.15, 0.2) is 0 Å². The second-order valence-electron chi connectivity index (χ2n) is 3.07. The molecule has 0 amide bonds. The Morgan fingerprint density at radius 3 is 3.12 bits per heavy atom. The number of aromatic nitrogens is 6. The van der Waals surface area contributed by atoms with Gasteiger partial charge in [-0.15, -0.1) is 11.3 Å². The highest BCUT2D eigenvalue weighted by molar-refractivity contribution is 7.09. The average molecular weight is 268 g/mol. The van der Waals surface area contributed by atoms with Gasteiger partial charge in [0.05, 0.1) is 6.54 Å². The Labute approximate surface area is 105 Å². The average Bonchev–Trinajstić information content (AvgIpc) is 2.95. The van der Waals surface area contributed by atoms with Crippen LogP contribution in [-0.2, 0) is 6.54 Å². The molecule has 0 saturated heterocycles. The molecule has 0 radical (unpaired) electrons. The summed E-state index contributed by atoms with van der Waals surface area (Å²) in [7, 11) is 0. The zero-order valence-corrected chi connectivity index (χ0v) is 9.98. The minimum Gasteiger partial charge on any atom is -0.347 e. The molecule has 0 spiro atoms. The number of rotatable bonds is 3. The summed E-state index contributed by atoms with van der Waals surface area (Å²) in [6, 6.07) is 0. The highest BCUT2D eigenvalue weighted by Gasteiger charge is 2.07. The zero-order valence-electron chi connectivity index (χ0n) is 8.41. The van der Waals surface area contributed by atoms with Crippen molar-refractivity contribution in [1.82, 2.24) is 29.5 Å². The Hall–Kier alpha value is -1.80. The molecule has 9 heteroatoms. The maximum absolute atomic E-state index is 5.79. The lowest BCUT2D eigenvalue weighted by Gasteiger charge is -2.04. The Morgan fingerprint density at radius 1 is 1.35 bits per heavy atom. The molecular formula is C8H6ClN7S. The molecule has 3 aromatic heterocycles. The van der Waals surface area contributed by atoms with Crippen molar-refractivity contribution in [1.29, 1.82) is 0 Å². The van der Waals surface area contributed by atoms with E-state index in [9.17, 15) is 0 Å². The van der Waals surface area contributed by atoms with E-state index in [4.69, 9.17) is 11.6 Å². The highest BCUT2D eigenvalue weighted by atomic mass is 35.5. The van der Waals surface area contributed by atoms with E-state index in [1.54, 1.807) is 17.5 Å². The number of nitrogens with one attached hydrogen (secondary N) is 1. The second-order valence-corrected chi connectivity index (χ2v) is 4.38. The molecule has 17 heavy (non-hydrogen) atoms. The summed E-state index contributed by atoms with van der Waals surface area (Å²) >= 11 is 7.34. The van der Waals surface area contributed by atoms with Crippen LogP contribution in [0.1, 0.15) is 5.01 Å². The van der Waals surface area contributed by atoms with Crippen molar-refractivity contribution in [3.63, 3.8) is 0 Å². The van der Waals surface area contributed by atoms with E-state index in [0.717, 1.165) is 5.01 Å². The summed E-state index contributed by atoms with van der Waals surface area (Å²) in [6.07, 6.45) is 3.15. The quantitative estimate of drug-likeness (QED) is 0.769. The maximum atomic E-state index is 5.79. The van der Waals surface area contributed by atoms with Crippen LogP contribution in [0.2, 0.25) is 5.28 Å². The first kappa shape index (κ1) is 10.4. The van der Waals surface area contributed by atoms with Crippen molar-refractivity contribution in [3.8, 4) is 0 Å². The third kappa shape index (κ3) is 2.04. The van der Waals surface area contributed by atoms with Crippen LogP contribution in [0.4, 0.5) is 5.95 Å². The number of thiazole rings is 1. The van der Waals surface area contributed by atoms with E-state index in [1.165, 1.54) is 10.8 Å². The summed E-state index contributed by atoms with van der Waals surface area (Å²) in [5.41, 5.74) is 0. The van der Waals surface area contributed by atoms with Gasteiger partial charge in [-0.05, 0) is 11.6 Å². The van der Waals surface area contributed by atoms with E-state index >= 15 is 0 Å². The van der Waals surface area contributed by atoms with Crippen LogP contribution in [0.5, 0.6) is 0 Å². The van der Waals surface area contributed by atoms with Gasteiger partial charge in [0, 0.05) is 11.6 Å². The van der Waals surface area contributed by atoms with Gasteiger partial charge in [-0.2, -0.15) is 24.6 Å². The number of fused-ring (bicyclic) bond motifs is 1. The molecule has 0 aliphatic rings. The Bertz CT molecular complexity index is 634. The van der Waals surface area contributed by atoms with E-state index in [1.807, 2.05) is 5.38 Å². The van der Waals surface area contributed by atoms with E-state index in [2.05, 4.69) is 30.4 Å². The molecule has 3 aromatic rings. The van der Waals surface area contributed by atoms with Crippen molar-refractivity contribution in [3.05, 3.63) is 28.2 Å². The SMILES string of the molecule is Clc1nc(NCc2nccs2)n2ncnc2n1. The van der Waals surface area contributed by atoms with Gasteiger partial charge in [0.1, 0.15) is 11.3 Å². The standard InChI is InChI=1S/C8H6ClN7S/c9-6-14-7(11-3-5-10-1-2-17-5)16-8(15-6)12-4-13-16/h1-2,4H,3H2,(H,11,12,13,14,15). The molecule has 0 bridgehead atoms. The zero-order chi connectivity index (χ0) is 11.7. The third-order valence-electron chi connectivity index (χ3n) is 2.00. The van der Waals surface area contributed by atoms with Gasteiger partial charge in [0.25, 0.3) is 5.78 Å².